The Morgan fingerprint density at radius 3 is 2.76 bits per heavy atom. The van der Waals surface area contributed by atoms with Gasteiger partial charge in [-0.1, -0.05) is 25.5 Å². The van der Waals surface area contributed by atoms with Crippen molar-refractivity contribution in [2.45, 2.75) is 32.9 Å². The maximum Gasteiger partial charge on any atom is 0.274 e. The minimum absolute atomic E-state index is 0.0235. The number of aryl methyl sites for hydroxylation is 1. The lowest BCUT2D eigenvalue weighted by molar-refractivity contribution is -0.384. The van der Waals surface area contributed by atoms with E-state index in [0.717, 1.165) is 12.8 Å². The lowest BCUT2D eigenvalue weighted by Gasteiger charge is -2.17. The summed E-state index contributed by atoms with van der Waals surface area (Å²) in [5, 5.41) is 15.0. The molecule has 1 amide bonds. The minimum Gasteiger partial charge on any atom is -0.336 e. The summed E-state index contributed by atoms with van der Waals surface area (Å²) in [4.78, 5) is 36.1. The molecule has 1 heterocycles. The molecule has 0 aliphatic carbocycles. The number of hydrogen-bond acceptors (Lipinski definition) is 5. The Morgan fingerprint density at radius 2 is 2.08 bits per heavy atom. The minimum atomic E-state index is -0.476. The largest absolute Gasteiger partial charge is 0.336 e. The Morgan fingerprint density at radius 1 is 1.32 bits per heavy atom. The van der Waals surface area contributed by atoms with E-state index in [1.807, 2.05) is 6.92 Å². The number of hydrogen-bond donors (Lipinski definition) is 0. The highest BCUT2D eigenvalue weighted by atomic mass is 16.6. The lowest BCUT2D eigenvalue weighted by atomic mass is 10.2. The smallest absolute Gasteiger partial charge is 0.274 e. The van der Waals surface area contributed by atoms with Crippen molar-refractivity contribution < 1.29 is 9.72 Å². The van der Waals surface area contributed by atoms with Gasteiger partial charge >= 0.3 is 0 Å². The molecule has 1 aromatic heterocycles. The van der Waals surface area contributed by atoms with Crippen LogP contribution in [-0.4, -0.2) is 32.6 Å². The number of nitro groups is 1. The molecule has 0 saturated heterocycles. The van der Waals surface area contributed by atoms with Crippen LogP contribution in [0.2, 0.25) is 0 Å². The van der Waals surface area contributed by atoms with Gasteiger partial charge in [0, 0.05) is 38.3 Å². The molecule has 0 unspecified atom stereocenters. The van der Waals surface area contributed by atoms with Crippen LogP contribution in [0.4, 0.5) is 5.69 Å². The molecule has 0 bridgehead atoms. The van der Waals surface area contributed by atoms with E-state index in [1.54, 1.807) is 19.2 Å². The van der Waals surface area contributed by atoms with Gasteiger partial charge in [0.1, 0.15) is 5.69 Å². The van der Waals surface area contributed by atoms with Gasteiger partial charge in [-0.15, -0.1) is 0 Å². The fraction of sp³-hybridized carbons (Fsp3) is 0.353. The maximum atomic E-state index is 12.5. The summed E-state index contributed by atoms with van der Waals surface area (Å²) in [5.41, 5.74) is 0.545. The normalized spacial score (nSPS) is 10.5. The topological polar surface area (TPSA) is 98.3 Å². The van der Waals surface area contributed by atoms with Crippen LogP contribution >= 0.6 is 0 Å². The van der Waals surface area contributed by atoms with Crippen LogP contribution in [0, 0.1) is 10.1 Å². The Labute approximate surface area is 144 Å². The Kier molecular flexibility index (Phi) is 5.99. The number of amides is 1. The summed E-state index contributed by atoms with van der Waals surface area (Å²) in [6.45, 7) is 2.67. The summed E-state index contributed by atoms with van der Waals surface area (Å²) in [6, 6.07) is 8.85. The van der Waals surface area contributed by atoms with E-state index in [0.29, 0.717) is 12.1 Å². The number of aromatic nitrogens is 2. The average Bonchev–Trinajstić information content (AvgIpc) is 2.60. The van der Waals surface area contributed by atoms with Crippen molar-refractivity contribution in [2.24, 2.45) is 0 Å². The molecule has 8 nitrogen and oxygen atoms in total. The Balaban J connectivity index is 2.15. The van der Waals surface area contributed by atoms with Crippen LogP contribution in [0.15, 0.2) is 41.2 Å². The number of nitro benzene ring substituents is 1. The highest BCUT2D eigenvalue weighted by molar-refractivity contribution is 5.91. The Bertz CT molecular complexity index is 831. The molecule has 0 fully saturated rings. The summed E-state index contributed by atoms with van der Waals surface area (Å²) in [6.07, 6.45) is 1.72. The standard InChI is InChI=1S/C17H20N4O4/c1-3-4-10-20-16(22)9-8-15(18-20)17(23)19(2)12-13-6-5-7-14(11-13)21(24)25/h5-9,11H,3-4,10,12H2,1-2H3. The summed E-state index contributed by atoms with van der Waals surface area (Å²) < 4.78 is 1.29. The maximum absolute atomic E-state index is 12.5. The fourth-order valence-electron chi connectivity index (χ4n) is 2.34. The van der Waals surface area contributed by atoms with Crippen LogP contribution in [0.1, 0.15) is 35.8 Å². The molecule has 25 heavy (non-hydrogen) atoms. The highest BCUT2D eigenvalue weighted by Gasteiger charge is 2.16. The van der Waals surface area contributed by atoms with Crippen LogP contribution in [-0.2, 0) is 13.1 Å². The predicted octanol–water partition coefficient (Wildman–Crippen LogP) is 2.22. The van der Waals surface area contributed by atoms with Crippen LogP contribution in [0.5, 0.6) is 0 Å². The molecule has 0 radical (unpaired) electrons. The molecule has 1 aromatic carbocycles. The molecule has 2 rings (SSSR count). The van der Waals surface area contributed by atoms with Crippen LogP contribution in [0.25, 0.3) is 0 Å². The van der Waals surface area contributed by atoms with E-state index in [1.165, 1.54) is 33.8 Å². The van der Waals surface area contributed by atoms with Crippen molar-refractivity contribution >= 4 is 11.6 Å². The van der Waals surface area contributed by atoms with Gasteiger partial charge < -0.3 is 4.90 Å². The first-order valence-corrected chi connectivity index (χ1v) is 7.99. The summed E-state index contributed by atoms with van der Waals surface area (Å²) in [5.74, 6) is -0.350. The molecule has 0 spiro atoms. The van der Waals surface area contributed by atoms with Gasteiger partial charge in [0.05, 0.1) is 4.92 Å². The van der Waals surface area contributed by atoms with Crippen molar-refractivity contribution in [3.05, 3.63) is 68.1 Å². The number of benzene rings is 1. The van der Waals surface area contributed by atoms with E-state index in [9.17, 15) is 19.7 Å². The van der Waals surface area contributed by atoms with E-state index in [4.69, 9.17) is 0 Å². The second kappa shape index (κ2) is 8.18. The zero-order valence-corrected chi connectivity index (χ0v) is 14.2. The third kappa shape index (κ3) is 4.72. The van der Waals surface area contributed by atoms with Crippen molar-refractivity contribution in [3.8, 4) is 0 Å². The number of carbonyl (C=O) groups is 1. The van der Waals surface area contributed by atoms with E-state index in [-0.39, 0.29) is 29.4 Å². The Hall–Kier alpha value is -3.03. The van der Waals surface area contributed by atoms with Crippen molar-refractivity contribution in [1.29, 1.82) is 0 Å². The molecule has 0 aliphatic heterocycles. The van der Waals surface area contributed by atoms with Crippen molar-refractivity contribution in [2.75, 3.05) is 7.05 Å². The first-order valence-electron chi connectivity index (χ1n) is 7.99. The predicted molar refractivity (Wildman–Crippen MR) is 92.3 cm³/mol. The first kappa shape index (κ1) is 18.3. The monoisotopic (exact) mass is 344 g/mol. The van der Waals surface area contributed by atoms with Gasteiger partial charge in [-0.05, 0) is 18.1 Å². The van der Waals surface area contributed by atoms with E-state index >= 15 is 0 Å². The molecular weight excluding hydrogens is 324 g/mol. The number of carbonyl (C=O) groups excluding carboxylic acids is 1. The first-order chi connectivity index (χ1) is 11.9. The zero-order chi connectivity index (χ0) is 18.4. The molecule has 0 N–H and O–H groups in total. The molecule has 132 valence electrons. The van der Waals surface area contributed by atoms with Crippen molar-refractivity contribution in [3.63, 3.8) is 0 Å². The highest BCUT2D eigenvalue weighted by Crippen LogP contribution is 2.15. The molecule has 8 heteroatoms. The lowest BCUT2D eigenvalue weighted by Crippen LogP contribution is -2.31. The van der Waals surface area contributed by atoms with Gasteiger partial charge in [0.2, 0.25) is 0 Å². The molecule has 0 saturated carbocycles. The number of nitrogens with zero attached hydrogens (tertiary/aromatic N) is 4. The van der Waals surface area contributed by atoms with Gasteiger partial charge in [-0.2, -0.15) is 5.10 Å². The van der Waals surface area contributed by atoms with Crippen LogP contribution in [0.3, 0.4) is 0 Å². The van der Waals surface area contributed by atoms with Gasteiger partial charge in [-0.25, -0.2) is 4.68 Å². The number of unbranched alkanes of at least 4 members (excludes halogenated alkanes) is 1. The van der Waals surface area contributed by atoms with Gasteiger partial charge in [0.25, 0.3) is 17.2 Å². The molecule has 2 aromatic rings. The SMILES string of the molecule is CCCCn1nc(C(=O)N(C)Cc2cccc([N+](=O)[O-])c2)ccc1=O. The summed E-state index contributed by atoms with van der Waals surface area (Å²) >= 11 is 0. The second-order valence-corrected chi connectivity index (χ2v) is 5.72. The van der Waals surface area contributed by atoms with E-state index < -0.39 is 4.92 Å². The third-order valence-corrected chi connectivity index (χ3v) is 3.70. The van der Waals surface area contributed by atoms with Crippen molar-refractivity contribution in [1.82, 2.24) is 14.7 Å². The number of rotatable bonds is 7. The third-order valence-electron chi connectivity index (χ3n) is 3.70. The quantitative estimate of drug-likeness (QED) is 0.566. The molecule has 0 atom stereocenters. The van der Waals surface area contributed by atoms with E-state index in [2.05, 4.69) is 5.10 Å². The fourth-order valence-corrected chi connectivity index (χ4v) is 2.34. The van der Waals surface area contributed by atoms with Gasteiger partial charge in [0.15, 0.2) is 0 Å². The zero-order valence-electron chi connectivity index (χ0n) is 14.2. The molecular formula is C17H20N4O4. The second-order valence-electron chi connectivity index (χ2n) is 5.72. The van der Waals surface area contributed by atoms with Gasteiger partial charge in [-0.3, -0.25) is 19.7 Å². The average molecular weight is 344 g/mol. The molecule has 0 aliphatic rings. The number of non-ortho nitro benzene ring substituents is 1. The summed E-state index contributed by atoms with van der Waals surface area (Å²) in [7, 11) is 1.59. The van der Waals surface area contributed by atoms with Crippen LogP contribution < -0.4 is 5.56 Å².